The third-order valence-electron chi connectivity index (χ3n) is 2.87. The van der Waals surface area contributed by atoms with Crippen LogP contribution in [-0.4, -0.2) is 32.4 Å². The van der Waals surface area contributed by atoms with Gasteiger partial charge in [-0.2, -0.15) is 0 Å². The Kier molecular flexibility index (Phi) is 4.61. The van der Waals surface area contributed by atoms with E-state index in [0.717, 1.165) is 22.0 Å². The minimum atomic E-state index is -1.12. The highest BCUT2D eigenvalue weighted by Crippen LogP contribution is 2.35. The lowest BCUT2D eigenvalue weighted by molar-refractivity contribution is -0.147. The van der Waals surface area contributed by atoms with Gasteiger partial charge in [0.2, 0.25) is 0 Å². The largest absolute Gasteiger partial charge is 0.481 e. The van der Waals surface area contributed by atoms with E-state index in [-0.39, 0.29) is 6.42 Å². The first-order chi connectivity index (χ1) is 9.52. The average molecular weight is 311 g/mol. The standard InChI is InChI=1S/C13H13NO4S2/c1-2-7(11(15)16)10(12(17)18)20-13-14-8-5-3-4-6-9(8)19-13/h3-7,10H,2H2,1H3,(H,15,16)(H,17,18). The van der Waals surface area contributed by atoms with Crippen LogP contribution in [0, 0.1) is 5.92 Å². The van der Waals surface area contributed by atoms with Crippen LogP contribution in [-0.2, 0) is 9.59 Å². The maximum Gasteiger partial charge on any atom is 0.317 e. The number of aromatic nitrogens is 1. The van der Waals surface area contributed by atoms with Gasteiger partial charge in [0.05, 0.1) is 16.1 Å². The Morgan fingerprint density at radius 2 is 2.00 bits per heavy atom. The molecule has 5 nitrogen and oxygen atoms in total. The first-order valence-corrected chi connectivity index (χ1v) is 7.70. The Labute approximate surface area is 123 Å². The molecule has 0 spiro atoms. The summed E-state index contributed by atoms with van der Waals surface area (Å²) in [6.45, 7) is 1.67. The molecule has 2 unspecified atom stereocenters. The summed E-state index contributed by atoms with van der Waals surface area (Å²) >= 11 is 2.39. The van der Waals surface area contributed by atoms with Gasteiger partial charge in [0.25, 0.3) is 0 Å². The van der Waals surface area contributed by atoms with Crippen LogP contribution < -0.4 is 0 Å². The van der Waals surface area contributed by atoms with E-state index in [1.54, 1.807) is 6.92 Å². The molecule has 0 fully saturated rings. The highest BCUT2D eigenvalue weighted by atomic mass is 32.2. The number of carboxylic acid groups (broad SMARTS) is 2. The van der Waals surface area contributed by atoms with Gasteiger partial charge < -0.3 is 10.2 Å². The Hall–Kier alpha value is -1.60. The topological polar surface area (TPSA) is 87.5 Å². The molecule has 0 aliphatic heterocycles. The molecule has 1 aromatic carbocycles. The molecule has 1 heterocycles. The second-order valence-corrected chi connectivity index (χ2v) is 6.60. The van der Waals surface area contributed by atoms with E-state index in [4.69, 9.17) is 5.11 Å². The van der Waals surface area contributed by atoms with E-state index in [2.05, 4.69) is 4.98 Å². The predicted molar refractivity (Wildman–Crippen MR) is 78.3 cm³/mol. The van der Waals surface area contributed by atoms with E-state index < -0.39 is 23.1 Å². The Bertz CT molecular complexity index is 607. The SMILES string of the molecule is CCC(C(=O)O)C(Sc1nc2ccccc2s1)C(=O)O. The summed E-state index contributed by atoms with van der Waals surface area (Å²) in [5.74, 6) is -3.14. The fraction of sp³-hybridized carbons (Fsp3) is 0.308. The van der Waals surface area contributed by atoms with Gasteiger partial charge in [0.1, 0.15) is 5.25 Å². The van der Waals surface area contributed by atoms with Crippen LogP contribution in [0.3, 0.4) is 0 Å². The molecule has 7 heteroatoms. The highest BCUT2D eigenvalue weighted by molar-refractivity contribution is 8.02. The number of thiazole rings is 1. The molecule has 0 bridgehead atoms. The molecule has 2 aromatic rings. The number of para-hydroxylation sites is 1. The van der Waals surface area contributed by atoms with Crippen molar-refractivity contribution in [1.82, 2.24) is 4.98 Å². The van der Waals surface area contributed by atoms with Gasteiger partial charge in [0, 0.05) is 0 Å². The van der Waals surface area contributed by atoms with Gasteiger partial charge in [-0.25, -0.2) is 4.98 Å². The minimum Gasteiger partial charge on any atom is -0.481 e. The minimum absolute atomic E-state index is 0.268. The summed E-state index contributed by atoms with van der Waals surface area (Å²) in [5.41, 5.74) is 0.799. The van der Waals surface area contributed by atoms with Crippen molar-refractivity contribution in [2.75, 3.05) is 0 Å². The number of nitrogens with zero attached hydrogens (tertiary/aromatic N) is 1. The second kappa shape index (κ2) is 6.23. The van der Waals surface area contributed by atoms with Crippen molar-refractivity contribution in [3.05, 3.63) is 24.3 Å². The van der Waals surface area contributed by atoms with Crippen molar-refractivity contribution in [2.24, 2.45) is 5.92 Å². The third kappa shape index (κ3) is 3.10. The van der Waals surface area contributed by atoms with Crippen molar-refractivity contribution in [2.45, 2.75) is 22.9 Å². The fourth-order valence-corrected chi connectivity index (χ4v) is 4.24. The van der Waals surface area contributed by atoms with E-state index in [0.29, 0.717) is 4.34 Å². The second-order valence-electron chi connectivity index (χ2n) is 4.18. The van der Waals surface area contributed by atoms with Crippen molar-refractivity contribution < 1.29 is 19.8 Å². The molecule has 0 amide bonds. The van der Waals surface area contributed by atoms with Crippen LogP contribution >= 0.6 is 23.1 Å². The Morgan fingerprint density at radius 3 is 2.55 bits per heavy atom. The lowest BCUT2D eigenvalue weighted by Crippen LogP contribution is -2.31. The number of hydrogen-bond donors (Lipinski definition) is 2. The van der Waals surface area contributed by atoms with E-state index in [9.17, 15) is 14.7 Å². The normalized spacial score (nSPS) is 14.1. The molecule has 1 aromatic heterocycles. The first-order valence-electron chi connectivity index (χ1n) is 6.00. The number of fused-ring (bicyclic) bond motifs is 1. The zero-order chi connectivity index (χ0) is 14.7. The maximum absolute atomic E-state index is 11.3. The van der Waals surface area contributed by atoms with Gasteiger partial charge in [-0.1, -0.05) is 30.8 Å². The number of rotatable bonds is 6. The summed E-state index contributed by atoms with van der Waals surface area (Å²) in [6.07, 6.45) is 0.268. The molecule has 0 saturated carbocycles. The average Bonchev–Trinajstić information content (AvgIpc) is 2.80. The quantitative estimate of drug-likeness (QED) is 0.798. The molecule has 106 valence electrons. The number of aliphatic carboxylic acids is 2. The summed E-state index contributed by atoms with van der Waals surface area (Å²) < 4.78 is 1.54. The summed E-state index contributed by atoms with van der Waals surface area (Å²) in [7, 11) is 0. The van der Waals surface area contributed by atoms with Crippen LogP contribution in [0.2, 0.25) is 0 Å². The molecule has 2 atom stereocenters. The zero-order valence-corrected chi connectivity index (χ0v) is 12.3. The third-order valence-corrected chi connectivity index (χ3v) is 5.31. The number of hydrogen-bond acceptors (Lipinski definition) is 5. The van der Waals surface area contributed by atoms with Gasteiger partial charge in [-0.05, 0) is 18.6 Å². The Morgan fingerprint density at radius 1 is 1.30 bits per heavy atom. The van der Waals surface area contributed by atoms with Crippen molar-refractivity contribution in [1.29, 1.82) is 0 Å². The molecule has 2 rings (SSSR count). The number of benzene rings is 1. The van der Waals surface area contributed by atoms with Crippen LogP contribution in [0.4, 0.5) is 0 Å². The summed E-state index contributed by atoms with van der Waals surface area (Å²) in [6, 6.07) is 7.49. The lowest BCUT2D eigenvalue weighted by atomic mass is 10.0. The Balaban J connectivity index is 2.27. The van der Waals surface area contributed by atoms with Crippen molar-refractivity contribution in [3.63, 3.8) is 0 Å². The number of carbonyl (C=O) groups is 2. The summed E-state index contributed by atoms with van der Waals surface area (Å²) in [5, 5.41) is 17.3. The monoisotopic (exact) mass is 311 g/mol. The number of thioether (sulfide) groups is 1. The smallest absolute Gasteiger partial charge is 0.317 e. The van der Waals surface area contributed by atoms with Crippen molar-refractivity contribution in [3.8, 4) is 0 Å². The predicted octanol–water partition coefficient (Wildman–Crippen LogP) is 2.95. The van der Waals surface area contributed by atoms with Crippen LogP contribution in [0.5, 0.6) is 0 Å². The lowest BCUT2D eigenvalue weighted by Gasteiger charge is -2.16. The molecule has 0 saturated heterocycles. The van der Waals surface area contributed by atoms with Crippen LogP contribution in [0.15, 0.2) is 28.6 Å². The molecule has 0 radical (unpaired) electrons. The first kappa shape index (κ1) is 14.8. The van der Waals surface area contributed by atoms with Crippen LogP contribution in [0.25, 0.3) is 10.2 Å². The number of carboxylic acids is 2. The molecule has 20 heavy (non-hydrogen) atoms. The van der Waals surface area contributed by atoms with Gasteiger partial charge in [0.15, 0.2) is 4.34 Å². The van der Waals surface area contributed by atoms with Crippen LogP contribution in [0.1, 0.15) is 13.3 Å². The maximum atomic E-state index is 11.3. The van der Waals surface area contributed by atoms with E-state index in [1.807, 2.05) is 24.3 Å². The van der Waals surface area contributed by atoms with E-state index in [1.165, 1.54) is 11.3 Å². The molecule has 2 N–H and O–H groups in total. The molecule has 0 aliphatic carbocycles. The van der Waals surface area contributed by atoms with Gasteiger partial charge >= 0.3 is 11.9 Å². The molecular weight excluding hydrogens is 298 g/mol. The highest BCUT2D eigenvalue weighted by Gasteiger charge is 2.34. The van der Waals surface area contributed by atoms with E-state index >= 15 is 0 Å². The summed E-state index contributed by atoms with van der Waals surface area (Å²) in [4.78, 5) is 26.8. The van der Waals surface area contributed by atoms with Crippen molar-refractivity contribution >= 4 is 45.3 Å². The van der Waals surface area contributed by atoms with Gasteiger partial charge in [-0.3, -0.25) is 9.59 Å². The fourth-order valence-electron chi connectivity index (χ4n) is 1.83. The zero-order valence-electron chi connectivity index (χ0n) is 10.6. The molecular formula is C13H13NO4S2. The molecule has 0 aliphatic rings. The van der Waals surface area contributed by atoms with Gasteiger partial charge in [-0.15, -0.1) is 11.3 Å².